The average Bonchev–Trinajstić information content (AvgIpc) is 3.17. The summed E-state index contributed by atoms with van der Waals surface area (Å²) in [5.41, 5.74) is 2.14. The summed E-state index contributed by atoms with van der Waals surface area (Å²) >= 11 is 1.46. The predicted octanol–water partition coefficient (Wildman–Crippen LogP) is 3.49. The molecule has 1 aliphatic rings. The Bertz CT molecular complexity index is 1080. The van der Waals surface area contributed by atoms with Crippen molar-refractivity contribution in [3.63, 3.8) is 0 Å². The largest absolute Gasteiger partial charge is 0.379 e. The van der Waals surface area contributed by atoms with Gasteiger partial charge in [-0.3, -0.25) is 24.7 Å². The summed E-state index contributed by atoms with van der Waals surface area (Å²) in [4.78, 5) is 32.6. The van der Waals surface area contributed by atoms with Crippen molar-refractivity contribution in [1.29, 1.82) is 0 Å². The van der Waals surface area contributed by atoms with Gasteiger partial charge in [0.2, 0.25) is 0 Å². The molecule has 0 unspecified atom stereocenters. The van der Waals surface area contributed by atoms with Gasteiger partial charge in [0.25, 0.3) is 11.6 Å². The van der Waals surface area contributed by atoms with Gasteiger partial charge in [-0.15, -0.1) is 0 Å². The third kappa shape index (κ3) is 4.48. The number of rotatable bonds is 6. The minimum absolute atomic E-state index is 0.103. The van der Waals surface area contributed by atoms with Gasteiger partial charge in [-0.1, -0.05) is 23.5 Å². The van der Waals surface area contributed by atoms with Crippen LogP contribution in [0.4, 0.5) is 10.8 Å². The molecule has 156 valence electrons. The lowest BCUT2D eigenvalue weighted by Gasteiger charge is -2.29. The van der Waals surface area contributed by atoms with Gasteiger partial charge >= 0.3 is 0 Å². The first-order valence-electron chi connectivity index (χ1n) is 9.75. The maximum atomic E-state index is 13.4. The van der Waals surface area contributed by atoms with E-state index in [9.17, 15) is 14.9 Å². The van der Waals surface area contributed by atoms with Gasteiger partial charge in [-0.25, -0.2) is 4.98 Å². The Morgan fingerprint density at radius 1 is 1.27 bits per heavy atom. The number of morpholine rings is 1. The topological polar surface area (TPSA) is 88.8 Å². The first-order chi connectivity index (χ1) is 14.5. The summed E-state index contributed by atoms with van der Waals surface area (Å²) in [6.45, 7) is 6.14. The fraction of sp³-hybridized carbons (Fsp3) is 0.333. The number of nitrogens with zero attached hydrogens (tertiary/aromatic N) is 4. The first kappa shape index (κ1) is 20.4. The summed E-state index contributed by atoms with van der Waals surface area (Å²) < 4.78 is 6.41. The van der Waals surface area contributed by atoms with Gasteiger partial charge in [0.15, 0.2) is 5.13 Å². The molecule has 1 amide bonds. The number of amides is 1. The summed E-state index contributed by atoms with van der Waals surface area (Å²) in [6.07, 6.45) is 0. The Labute approximate surface area is 177 Å². The second-order valence-corrected chi connectivity index (χ2v) is 8.19. The van der Waals surface area contributed by atoms with E-state index in [1.54, 1.807) is 11.0 Å². The number of carbonyl (C=O) groups excluding carboxylic acids is 1. The molecule has 1 fully saturated rings. The highest BCUT2D eigenvalue weighted by Gasteiger charge is 2.24. The Morgan fingerprint density at radius 3 is 2.83 bits per heavy atom. The third-order valence-electron chi connectivity index (χ3n) is 5.06. The van der Waals surface area contributed by atoms with Gasteiger partial charge < -0.3 is 4.74 Å². The van der Waals surface area contributed by atoms with E-state index in [2.05, 4.69) is 16.0 Å². The fourth-order valence-electron chi connectivity index (χ4n) is 3.39. The molecule has 2 heterocycles. The molecule has 1 aromatic heterocycles. The van der Waals surface area contributed by atoms with Crippen molar-refractivity contribution in [3.8, 4) is 0 Å². The monoisotopic (exact) mass is 426 g/mol. The number of nitro groups is 1. The van der Waals surface area contributed by atoms with Gasteiger partial charge in [0.1, 0.15) is 0 Å². The van der Waals surface area contributed by atoms with E-state index < -0.39 is 4.92 Å². The molecule has 0 atom stereocenters. The van der Waals surface area contributed by atoms with Crippen molar-refractivity contribution in [2.45, 2.75) is 6.92 Å². The standard InChI is InChI=1S/C21H22N4O4S/c1-15-5-6-18-19(13-15)30-21(22-18)24(8-7-23-9-11-29-12-10-23)20(26)16-3-2-4-17(14-16)25(27)28/h2-6,13-14H,7-12H2,1H3. The lowest BCUT2D eigenvalue weighted by molar-refractivity contribution is -0.384. The van der Waals surface area contributed by atoms with Crippen LogP contribution in [-0.2, 0) is 4.74 Å². The number of carbonyl (C=O) groups is 1. The van der Waals surface area contributed by atoms with Gasteiger partial charge in [0.05, 0.1) is 28.4 Å². The molecule has 9 heteroatoms. The third-order valence-corrected chi connectivity index (χ3v) is 6.10. The molecule has 0 aliphatic carbocycles. The van der Waals surface area contributed by atoms with Crippen molar-refractivity contribution in [2.75, 3.05) is 44.3 Å². The van der Waals surface area contributed by atoms with E-state index >= 15 is 0 Å². The second-order valence-electron chi connectivity index (χ2n) is 7.19. The number of hydrogen-bond acceptors (Lipinski definition) is 7. The molecular weight excluding hydrogens is 404 g/mol. The molecular formula is C21H22N4O4S. The average molecular weight is 426 g/mol. The van der Waals surface area contributed by atoms with E-state index in [0.717, 1.165) is 28.9 Å². The van der Waals surface area contributed by atoms with Gasteiger partial charge in [0, 0.05) is 43.9 Å². The van der Waals surface area contributed by atoms with Crippen molar-refractivity contribution in [1.82, 2.24) is 9.88 Å². The van der Waals surface area contributed by atoms with Crippen LogP contribution in [0.25, 0.3) is 10.2 Å². The van der Waals surface area contributed by atoms with Crippen molar-refractivity contribution >= 4 is 38.3 Å². The van der Waals surface area contributed by atoms with Crippen molar-refractivity contribution in [3.05, 3.63) is 63.7 Å². The Balaban J connectivity index is 1.65. The molecule has 0 bridgehead atoms. The van der Waals surface area contributed by atoms with E-state index in [4.69, 9.17) is 4.74 Å². The van der Waals surface area contributed by atoms with Crippen LogP contribution in [0, 0.1) is 17.0 Å². The minimum Gasteiger partial charge on any atom is -0.379 e. The predicted molar refractivity (Wildman–Crippen MR) is 116 cm³/mol. The summed E-state index contributed by atoms with van der Waals surface area (Å²) in [7, 11) is 0. The lowest BCUT2D eigenvalue weighted by atomic mass is 10.2. The van der Waals surface area contributed by atoms with Crippen LogP contribution in [0.5, 0.6) is 0 Å². The number of ether oxygens (including phenoxy) is 1. The lowest BCUT2D eigenvalue weighted by Crippen LogP contribution is -2.43. The molecule has 4 rings (SSSR count). The molecule has 1 saturated heterocycles. The smallest absolute Gasteiger partial charge is 0.270 e. The van der Waals surface area contributed by atoms with Crippen molar-refractivity contribution in [2.24, 2.45) is 0 Å². The molecule has 2 aromatic carbocycles. The van der Waals surface area contributed by atoms with Gasteiger partial charge in [-0.2, -0.15) is 0 Å². The summed E-state index contributed by atoms with van der Waals surface area (Å²) in [5.74, 6) is -0.289. The number of thiazole rings is 1. The number of non-ortho nitro benzene ring substituents is 1. The molecule has 1 aliphatic heterocycles. The molecule has 8 nitrogen and oxygen atoms in total. The summed E-state index contributed by atoms with van der Waals surface area (Å²) in [6, 6.07) is 11.8. The van der Waals surface area contributed by atoms with Crippen LogP contribution in [0.15, 0.2) is 42.5 Å². The zero-order valence-corrected chi connectivity index (χ0v) is 17.4. The highest BCUT2D eigenvalue weighted by molar-refractivity contribution is 7.22. The van der Waals surface area contributed by atoms with E-state index in [1.165, 1.54) is 29.5 Å². The van der Waals surface area contributed by atoms with E-state index in [0.29, 0.717) is 31.4 Å². The zero-order valence-electron chi connectivity index (χ0n) is 16.6. The summed E-state index contributed by atoms with van der Waals surface area (Å²) in [5, 5.41) is 11.7. The number of anilines is 1. The molecule has 0 N–H and O–H groups in total. The maximum absolute atomic E-state index is 13.4. The highest BCUT2D eigenvalue weighted by atomic mass is 32.1. The van der Waals surface area contributed by atoms with E-state index in [1.807, 2.05) is 19.1 Å². The number of aromatic nitrogens is 1. The van der Waals surface area contributed by atoms with Crippen LogP contribution in [0.2, 0.25) is 0 Å². The molecule has 0 radical (unpaired) electrons. The van der Waals surface area contributed by atoms with Crippen LogP contribution in [0.1, 0.15) is 15.9 Å². The molecule has 0 saturated carbocycles. The molecule has 3 aromatic rings. The normalized spacial score (nSPS) is 14.7. The molecule has 30 heavy (non-hydrogen) atoms. The Hall–Kier alpha value is -2.88. The number of aryl methyl sites for hydroxylation is 1. The number of hydrogen-bond donors (Lipinski definition) is 0. The first-order valence-corrected chi connectivity index (χ1v) is 10.6. The Morgan fingerprint density at radius 2 is 2.07 bits per heavy atom. The van der Waals surface area contributed by atoms with Crippen molar-refractivity contribution < 1.29 is 14.5 Å². The minimum atomic E-state index is -0.491. The van der Waals surface area contributed by atoms with Crippen LogP contribution in [0.3, 0.4) is 0 Å². The zero-order chi connectivity index (χ0) is 21.1. The van der Waals surface area contributed by atoms with Gasteiger partial charge in [-0.05, 0) is 30.7 Å². The highest BCUT2D eigenvalue weighted by Crippen LogP contribution is 2.30. The Kier molecular flexibility index (Phi) is 6.03. The number of benzene rings is 2. The SMILES string of the molecule is Cc1ccc2nc(N(CCN3CCOCC3)C(=O)c3cccc([N+](=O)[O-])c3)sc2c1. The number of nitro benzene ring substituents is 1. The number of fused-ring (bicyclic) bond motifs is 1. The molecule has 0 spiro atoms. The van der Waals surface area contributed by atoms with Crippen LogP contribution < -0.4 is 4.90 Å². The quantitative estimate of drug-likeness (QED) is 0.443. The van der Waals surface area contributed by atoms with Crippen LogP contribution >= 0.6 is 11.3 Å². The fourth-order valence-corrected chi connectivity index (χ4v) is 4.48. The van der Waals surface area contributed by atoms with E-state index in [-0.39, 0.29) is 17.2 Å². The second kappa shape index (κ2) is 8.86. The maximum Gasteiger partial charge on any atom is 0.270 e. The van der Waals surface area contributed by atoms with Crippen LogP contribution in [-0.4, -0.2) is 60.1 Å².